The molecule has 1 unspecified atom stereocenters. The molecule has 1 aromatic carbocycles. The van der Waals surface area contributed by atoms with Gasteiger partial charge in [0, 0.05) is 12.8 Å². The molecule has 0 radical (unpaired) electrons. The number of hydrogen-bond acceptors (Lipinski definition) is 3. The first-order valence-electron chi connectivity index (χ1n) is 8.80. The van der Waals surface area contributed by atoms with Gasteiger partial charge in [-0.25, -0.2) is 9.37 Å². The monoisotopic (exact) mass is 346 g/mol. The number of aromatic amines is 1. The van der Waals surface area contributed by atoms with Gasteiger partial charge in [0.2, 0.25) is 0 Å². The first kappa shape index (κ1) is 17.8. The highest BCUT2D eigenvalue weighted by Gasteiger charge is 2.26. The molecule has 1 aliphatic heterocycles. The van der Waals surface area contributed by atoms with E-state index in [4.69, 9.17) is 0 Å². The fraction of sp³-hybridized carbons (Fsp3) is 0.474. The summed E-state index contributed by atoms with van der Waals surface area (Å²) in [7, 11) is 0. The van der Waals surface area contributed by atoms with Crippen LogP contribution in [0.25, 0.3) is 0 Å². The summed E-state index contributed by atoms with van der Waals surface area (Å²) in [5.41, 5.74) is 1.87. The third-order valence-corrected chi connectivity index (χ3v) is 4.88. The number of H-pyrrole nitrogens is 1. The van der Waals surface area contributed by atoms with Crippen molar-refractivity contribution in [2.24, 2.45) is 5.92 Å². The number of nitrogens with one attached hydrogen (secondary N) is 2. The fourth-order valence-electron chi connectivity index (χ4n) is 3.23. The molecular formula is C19H25FN3O2+. The lowest BCUT2D eigenvalue weighted by atomic mass is 10.0. The van der Waals surface area contributed by atoms with E-state index < -0.39 is 0 Å². The second-order valence-corrected chi connectivity index (χ2v) is 7.15. The molecule has 134 valence electrons. The first-order chi connectivity index (χ1) is 11.9. The summed E-state index contributed by atoms with van der Waals surface area (Å²) in [6.07, 6.45) is 0.602. The maximum Gasteiger partial charge on any atom is 0.260 e. The van der Waals surface area contributed by atoms with Crippen LogP contribution in [0.1, 0.15) is 36.5 Å². The number of nitrogens with zero attached hydrogens (tertiary/aromatic N) is 1. The van der Waals surface area contributed by atoms with E-state index in [1.165, 1.54) is 11.0 Å². The predicted molar refractivity (Wildman–Crippen MR) is 93.0 cm³/mol. The molecule has 0 spiro atoms. The van der Waals surface area contributed by atoms with Gasteiger partial charge in [0.25, 0.3) is 5.56 Å². The Bertz CT molecular complexity index is 803. The summed E-state index contributed by atoms with van der Waals surface area (Å²) in [4.78, 5) is 21.0. The van der Waals surface area contributed by atoms with Crippen LogP contribution in [-0.2, 0) is 19.4 Å². The molecule has 0 amide bonds. The number of aliphatic hydroxyl groups is 1. The van der Waals surface area contributed by atoms with E-state index in [9.17, 15) is 14.3 Å². The SMILES string of the molecule is CC(C)[C@@H](O)C[NH+]1CCc2nc(Cc3ccccc3F)[nH]c(=O)c2C1. The molecule has 1 aromatic heterocycles. The Morgan fingerprint density at radius 2 is 2.12 bits per heavy atom. The Kier molecular flexibility index (Phi) is 5.30. The zero-order valence-electron chi connectivity index (χ0n) is 14.7. The lowest BCUT2D eigenvalue weighted by Crippen LogP contribution is -3.13. The van der Waals surface area contributed by atoms with Crippen molar-refractivity contribution in [2.75, 3.05) is 13.1 Å². The van der Waals surface area contributed by atoms with E-state index in [1.807, 2.05) is 13.8 Å². The lowest BCUT2D eigenvalue weighted by molar-refractivity contribution is -0.919. The summed E-state index contributed by atoms with van der Waals surface area (Å²) >= 11 is 0. The zero-order chi connectivity index (χ0) is 18.0. The van der Waals surface area contributed by atoms with E-state index in [2.05, 4.69) is 9.97 Å². The third kappa shape index (κ3) is 4.14. The summed E-state index contributed by atoms with van der Waals surface area (Å²) < 4.78 is 13.8. The van der Waals surface area contributed by atoms with Crippen molar-refractivity contribution in [1.29, 1.82) is 0 Å². The van der Waals surface area contributed by atoms with Crippen molar-refractivity contribution < 1.29 is 14.4 Å². The Labute approximate surface area is 146 Å². The molecule has 3 N–H and O–H groups in total. The van der Waals surface area contributed by atoms with Crippen molar-refractivity contribution >= 4 is 0 Å². The molecule has 0 saturated carbocycles. The van der Waals surface area contributed by atoms with Gasteiger partial charge in [0.15, 0.2) is 0 Å². The number of benzene rings is 1. The zero-order valence-corrected chi connectivity index (χ0v) is 14.7. The lowest BCUT2D eigenvalue weighted by Gasteiger charge is -2.27. The van der Waals surface area contributed by atoms with Gasteiger partial charge in [-0.1, -0.05) is 32.0 Å². The molecule has 5 nitrogen and oxygen atoms in total. The molecule has 2 aromatic rings. The topological polar surface area (TPSA) is 70.4 Å². The summed E-state index contributed by atoms with van der Waals surface area (Å²) in [6, 6.07) is 6.53. The molecule has 25 heavy (non-hydrogen) atoms. The Balaban J connectivity index is 1.78. The van der Waals surface area contributed by atoms with E-state index >= 15 is 0 Å². The fourth-order valence-corrected chi connectivity index (χ4v) is 3.23. The van der Waals surface area contributed by atoms with Crippen LogP contribution in [0.4, 0.5) is 4.39 Å². The van der Waals surface area contributed by atoms with Crippen molar-refractivity contribution in [3.8, 4) is 0 Å². The van der Waals surface area contributed by atoms with Gasteiger partial charge >= 0.3 is 0 Å². The molecule has 0 aliphatic carbocycles. The number of hydrogen-bond donors (Lipinski definition) is 3. The Morgan fingerprint density at radius 3 is 2.84 bits per heavy atom. The molecule has 6 heteroatoms. The molecule has 2 atom stereocenters. The molecule has 0 saturated heterocycles. The number of fused-ring (bicyclic) bond motifs is 1. The summed E-state index contributed by atoms with van der Waals surface area (Å²) in [5.74, 6) is 0.411. The first-order valence-corrected chi connectivity index (χ1v) is 8.80. The summed E-state index contributed by atoms with van der Waals surface area (Å²) in [5, 5.41) is 10.1. The van der Waals surface area contributed by atoms with Gasteiger partial charge in [-0.15, -0.1) is 0 Å². The number of rotatable bonds is 5. The van der Waals surface area contributed by atoms with Crippen molar-refractivity contribution in [3.05, 3.63) is 63.1 Å². The number of aromatic nitrogens is 2. The number of quaternary nitrogens is 1. The number of halogens is 1. The smallest absolute Gasteiger partial charge is 0.260 e. The minimum absolute atomic E-state index is 0.146. The van der Waals surface area contributed by atoms with Crippen LogP contribution in [-0.4, -0.2) is 34.3 Å². The maximum absolute atomic E-state index is 13.8. The van der Waals surface area contributed by atoms with Gasteiger partial charge in [-0.2, -0.15) is 0 Å². The average Bonchev–Trinajstić information content (AvgIpc) is 2.57. The second kappa shape index (κ2) is 7.45. The minimum Gasteiger partial charge on any atom is -0.387 e. The van der Waals surface area contributed by atoms with Crippen LogP contribution in [0.5, 0.6) is 0 Å². The Hall–Kier alpha value is -2.05. The molecule has 0 bridgehead atoms. The van der Waals surface area contributed by atoms with Gasteiger partial charge in [0.1, 0.15) is 30.8 Å². The number of aliphatic hydroxyl groups excluding tert-OH is 1. The normalized spacial score (nSPS) is 18.2. The van der Waals surface area contributed by atoms with Crippen molar-refractivity contribution in [3.63, 3.8) is 0 Å². The summed E-state index contributed by atoms with van der Waals surface area (Å²) in [6.45, 7) is 6.03. The van der Waals surface area contributed by atoms with Crippen LogP contribution >= 0.6 is 0 Å². The van der Waals surface area contributed by atoms with Gasteiger partial charge in [-0.05, 0) is 17.5 Å². The molecule has 1 aliphatic rings. The second-order valence-electron chi connectivity index (χ2n) is 7.15. The van der Waals surface area contributed by atoms with Crippen LogP contribution in [0.2, 0.25) is 0 Å². The average molecular weight is 346 g/mol. The molecule has 0 fully saturated rings. The van der Waals surface area contributed by atoms with Crippen LogP contribution in [0, 0.1) is 11.7 Å². The van der Waals surface area contributed by atoms with Crippen molar-refractivity contribution in [2.45, 2.75) is 39.3 Å². The van der Waals surface area contributed by atoms with Crippen LogP contribution in [0.15, 0.2) is 29.1 Å². The van der Waals surface area contributed by atoms with E-state index in [0.29, 0.717) is 36.5 Å². The van der Waals surface area contributed by atoms with Gasteiger partial charge in [0.05, 0.1) is 17.8 Å². The quantitative estimate of drug-likeness (QED) is 0.737. The third-order valence-electron chi connectivity index (χ3n) is 4.88. The maximum atomic E-state index is 13.8. The highest BCUT2D eigenvalue weighted by Crippen LogP contribution is 2.12. The highest BCUT2D eigenvalue weighted by atomic mass is 19.1. The standard InChI is InChI=1S/C19H24FN3O2/c1-12(2)17(24)11-23-8-7-16-14(10-23)19(25)22-18(21-16)9-13-5-3-4-6-15(13)20/h3-6,12,17,24H,7-11H2,1-2H3,(H,21,22,25)/p+1/t17-/m0/s1. The minimum atomic E-state index is -0.371. The van der Waals surface area contributed by atoms with Gasteiger partial charge < -0.3 is 15.0 Å². The molecule has 3 rings (SSSR count). The van der Waals surface area contributed by atoms with E-state index in [1.54, 1.807) is 18.2 Å². The van der Waals surface area contributed by atoms with Crippen LogP contribution in [0.3, 0.4) is 0 Å². The Morgan fingerprint density at radius 1 is 1.36 bits per heavy atom. The van der Waals surface area contributed by atoms with Crippen LogP contribution < -0.4 is 10.5 Å². The molecule has 2 heterocycles. The molecular weight excluding hydrogens is 321 g/mol. The van der Waals surface area contributed by atoms with Crippen molar-refractivity contribution in [1.82, 2.24) is 9.97 Å². The predicted octanol–water partition coefficient (Wildman–Crippen LogP) is 0.458. The van der Waals surface area contributed by atoms with E-state index in [-0.39, 0.29) is 29.8 Å². The highest BCUT2D eigenvalue weighted by molar-refractivity contribution is 5.24. The van der Waals surface area contributed by atoms with E-state index in [0.717, 1.165) is 12.2 Å². The largest absolute Gasteiger partial charge is 0.387 e. The van der Waals surface area contributed by atoms with Gasteiger partial charge in [-0.3, -0.25) is 4.79 Å².